The Morgan fingerprint density at radius 1 is 1.19 bits per heavy atom. The number of thioether (sulfide) groups is 1. The lowest BCUT2D eigenvalue weighted by Gasteiger charge is -2.25. The van der Waals surface area contributed by atoms with Crippen LogP contribution in [0.3, 0.4) is 0 Å². The monoisotopic (exact) mass is 366 g/mol. The molecule has 2 heterocycles. The number of anilines is 1. The van der Waals surface area contributed by atoms with Gasteiger partial charge in [0.25, 0.3) is 0 Å². The van der Waals surface area contributed by atoms with Crippen molar-refractivity contribution in [2.24, 2.45) is 7.05 Å². The van der Waals surface area contributed by atoms with Gasteiger partial charge in [0.2, 0.25) is 0 Å². The molecule has 2 aromatic carbocycles. The van der Waals surface area contributed by atoms with Crippen LogP contribution in [0, 0.1) is 0 Å². The molecule has 2 amide bonds. The summed E-state index contributed by atoms with van der Waals surface area (Å²) in [5.74, 6) is 0.956. The lowest BCUT2D eigenvalue weighted by atomic mass is 10.2. The fourth-order valence-electron chi connectivity index (χ4n) is 3.68. The zero-order valence-corrected chi connectivity index (χ0v) is 15.8. The molecule has 1 atom stereocenters. The second-order valence-electron chi connectivity index (χ2n) is 6.50. The Bertz CT molecular complexity index is 952. The Morgan fingerprint density at radius 3 is 2.77 bits per heavy atom. The lowest BCUT2D eigenvalue weighted by Crippen LogP contribution is -2.35. The number of amides is 2. The fraction of sp³-hybridized carbons (Fsp3) is 0.300. The summed E-state index contributed by atoms with van der Waals surface area (Å²) in [6.45, 7) is 0.751. The van der Waals surface area contributed by atoms with Gasteiger partial charge in [0.05, 0.1) is 22.8 Å². The quantitative estimate of drug-likeness (QED) is 0.686. The van der Waals surface area contributed by atoms with Crippen molar-refractivity contribution in [2.75, 3.05) is 18.1 Å². The number of nitrogens with zero attached hydrogens (tertiary/aromatic N) is 3. The fourth-order valence-corrected chi connectivity index (χ4v) is 4.23. The van der Waals surface area contributed by atoms with E-state index in [9.17, 15) is 4.79 Å². The molecule has 1 N–H and O–H groups in total. The number of aryl methyl sites for hydroxylation is 1. The predicted octanol–water partition coefficient (Wildman–Crippen LogP) is 4.66. The first-order chi connectivity index (χ1) is 12.7. The molecule has 134 valence electrons. The van der Waals surface area contributed by atoms with Gasteiger partial charge in [-0.2, -0.15) is 0 Å². The lowest BCUT2D eigenvalue weighted by molar-refractivity contribution is 0.204. The molecule has 0 unspecified atom stereocenters. The number of likely N-dealkylation sites (tertiary alicyclic amines) is 1. The molecule has 1 aliphatic rings. The van der Waals surface area contributed by atoms with Gasteiger partial charge in [-0.15, -0.1) is 11.8 Å². The summed E-state index contributed by atoms with van der Waals surface area (Å²) >= 11 is 1.63. The second-order valence-corrected chi connectivity index (χ2v) is 7.35. The van der Waals surface area contributed by atoms with Crippen molar-refractivity contribution in [3.05, 3.63) is 54.4 Å². The molecule has 0 bridgehead atoms. The Kier molecular flexibility index (Phi) is 4.59. The van der Waals surface area contributed by atoms with E-state index in [1.54, 1.807) is 11.8 Å². The Labute approximate surface area is 157 Å². The number of carbonyl (C=O) groups is 1. The van der Waals surface area contributed by atoms with Crippen LogP contribution in [0.4, 0.5) is 10.5 Å². The normalized spacial score (nSPS) is 17.0. The molecule has 0 spiro atoms. The van der Waals surface area contributed by atoms with Crippen molar-refractivity contribution in [2.45, 2.75) is 23.8 Å². The van der Waals surface area contributed by atoms with Crippen molar-refractivity contribution in [3.8, 4) is 0 Å². The highest BCUT2D eigenvalue weighted by Gasteiger charge is 2.33. The third kappa shape index (κ3) is 2.94. The van der Waals surface area contributed by atoms with Crippen LogP contribution in [0.15, 0.2) is 53.4 Å². The molecular formula is C20H22N4OS. The number of carbonyl (C=O) groups excluding carboxylic acids is 1. The minimum absolute atomic E-state index is 0.00819. The van der Waals surface area contributed by atoms with Gasteiger partial charge >= 0.3 is 6.03 Å². The van der Waals surface area contributed by atoms with E-state index in [2.05, 4.69) is 16.0 Å². The van der Waals surface area contributed by atoms with Crippen LogP contribution in [-0.4, -0.2) is 33.3 Å². The number of fused-ring (bicyclic) bond motifs is 1. The Morgan fingerprint density at radius 2 is 1.96 bits per heavy atom. The zero-order valence-electron chi connectivity index (χ0n) is 15.0. The van der Waals surface area contributed by atoms with E-state index in [-0.39, 0.29) is 12.1 Å². The number of aromatic nitrogens is 2. The van der Waals surface area contributed by atoms with E-state index < -0.39 is 0 Å². The number of imidazole rings is 1. The van der Waals surface area contributed by atoms with Gasteiger partial charge in [0.15, 0.2) is 0 Å². The summed E-state index contributed by atoms with van der Waals surface area (Å²) in [4.78, 5) is 20.8. The van der Waals surface area contributed by atoms with E-state index in [0.29, 0.717) is 0 Å². The van der Waals surface area contributed by atoms with E-state index in [1.165, 1.54) is 0 Å². The van der Waals surface area contributed by atoms with E-state index in [0.717, 1.165) is 46.8 Å². The second kappa shape index (κ2) is 7.03. The smallest absolute Gasteiger partial charge is 0.322 e. The number of hydrogen-bond donors (Lipinski definition) is 1. The van der Waals surface area contributed by atoms with Crippen molar-refractivity contribution >= 4 is 34.5 Å². The molecule has 0 saturated carbocycles. The summed E-state index contributed by atoms with van der Waals surface area (Å²) in [5, 5.41) is 3.09. The maximum Gasteiger partial charge on any atom is 0.322 e. The van der Waals surface area contributed by atoms with Crippen LogP contribution in [0.2, 0.25) is 0 Å². The van der Waals surface area contributed by atoms with Gasteiger partial charge in [-0.05, 0) is 43.4 Å². The van der Waals surface area contributed by atoms with E-state index in [1.807, 2.05) is 60.7 Å². The first-order valence-corrected chi connectivity index (χ1v) is 10.0. The molecule has 3 aromatic rings. The molecule has 1 aromatic heterocycles. The number of nitrogens with one attached hydrogen (secondary N) is 1. The van der Waals surface area contributed by atoms with Gasteiger partial charge < -0.3 is 14.8 Å². The van der Waals surface area contributed by atoms with E-state index in [4.69, 9.17) is 4.98 Å². The Hall–Kier alpha value is -2.47. The maximum atomic E-state index is 13.0. The van der Waals surface area contributed by atoms with Crippen LogP contribution in [-0.2, 0) is 7.05 Å². The standard InChI is InChI=1S/C20H22N4OS/c1-23-16-10-5-3-8-14(16)21-19(23)17-11-7-13-24(17)20(25)22-15-9-4-6-12-18(15)26-2/h3-6,8-10,12,17H,7,11,13H2,1-2H3,(H,22,25)/t17-/m1/s1. The highest BCUT2D eigenvalue weighted by Crippen LogP contribution is 2.34. The van der Waals surface area contributed by atoms with Crippen LogP contribution in [0.1, 0.15) is 24.7 Å². The predicted molar refractivity (Wildman–Crippen MR) is 107 cm³/mol. The summed E-state index contributed by atoms with van der Waals surface area (Å²) in [6.07, 6.45) is 3.95. The summed E-state index contributed by atoms with van der Waals surface area (Å²) in [5.41, 5.74) is 2.94. The third-order valence-electron chi connectivity index (χ3n) is 4.98. The van der Waals surface area contributed by atoms with Gasteiger partial charge in [-0.1, -0.05) is 24.3 Å². The van der Waals surface area contributed by atoms with Crippen molar-refractivity contribution in [1.82, 2.24) is 14.5 Å². The third-order valence-corrected chi connectivity index (χ3v) is 5.78. The van der Waals surface area contributed by atoms with Crippen molar-refractivity contribution in [3.63, 3.8) is 0 Å². The molecule has 1 aliphatic heterocycles. The molecule has 5 nitrogen and oxygen atoms in total. The average Bonchev–Trinajstić information content (AvgIpc) is 3.27. The molecule has 1 saturated heterocycles. The highest BCUT2D eigenvalue weighted by atomic mass is 32.2. The number of hydrogen-bond acceptors (Lipinski definition) is 3. The van der Waals surface area contributed by atoms with Gasteiger partial charge in [0.1, 0.15) is 5.82 Å². The summed E-state index contributed by atoms with van der Waals surface area (Å²) in [7, 11) is 2.03. The molecule has 6 heteroatoms. The maximum absolute atomic E-state index is 13.0. The SMILES string of the molecule is CSc1ccccc1NC(=O)N1CCC[C@@H]1c1nc2ccccc2n1C. The minimum atomic E-state index is -0.0546. The number of benzene rings is 2. The van der Waals surface area contributed by atoms with Gasteiger partial charge in [0, 0.05) is 18.5 Å². The molecule has 0 aliphatic carbocycles. The molecule has 0 radical (unpaired) electrons. The number of urea groups is 1. The zero-order chi connectivity index (χ0) is 18.1. The highest BCUT2D eigenvalue weighted by molar-refractivity contribution is 7.98. The first-order valence-electron chi connectivity index (χ1n) is 8.81. The molecule has 4 rings (SSSR count). The van der Waals surface area contributed by atoms with E-state index >= 15 is 0 Å². The van der Waals surface area contributed by atoms with Crippen LogP contribution < -0.4 is 5.32 Å². The van der Waals surface area contributed by atoms with Crippen molar-refractivity contribution < 1.29 is 4.79 Å². The summed E-state index contributed by atoms with van der Waals surface area (Å²) in [6, 6.07) is 16.0. The minimum Gasteiger partial charge on any atom is -0.329 e. The number of rotatable bonds is 3. The van der Waals surface area contributed by atoms with Crippen LogP contribution in [0.5, 0.6) is 0 Å². The molecular weight excluding hydrogens is 344 g/mol. The van der Waals surface area contributed by atoms with Gasteiger partial charge in [-0.25, -0.2) is 9.78 Å². The van der Waals surface area contributed by atoms with Gasteiger partial charge in [-0.3, -0.25) is 0 Å². The largest absolute Gasteiger partial charge is 0.329 e. The van der Waals surface area contributed by atoms with Crippen LogP contribution >= 0.6 is 11.8 Å². The number of para-hydroxylation sites is 3. The summed E-state index contributed by atoms with van der Waals surface area (Å²) < 4.78 is 2.11. The first kappa shape index (κ1) is 17.0. The molecule has 26 heavy (non-hydrogen) atoms. The topological polar surface area (TPSA) is 50.2 Å². The molecule has 1 fully saturated rings. The van der Waals surface area contributed by atoms with Crippen molar-refractivity contribution in [1.29, 1.82) is 0 Å². The average molecular weight is 366 g/mol. The van der Waals surface area contributed by atoms with Crippen LogP contribution in [0.25, 0.3) is 11.0 Å². The Balaban J connectivity index is 1.61.